The zero-order valence-electron chi connectivity index (χ0n) is 11.1. The molecule has 1 heterocycles. The molecule has 0 fully saturated rings. The van der Waals surface area contributed by atoms with Gasteiger partial charge in [0.1, 0.15) is 11.6 Å². The van der Waals surface area contributed by atoms with Crippen LogP contribution in [0.25, 0.3) is 0 Å². The van der Waals surface area contributed by atoms with Crippen molar-refractivity contribution >= 4 is 5.82 Å². The van der Waals surface area contributed by atoms with Gasteiger partial charge in [-0.15, -0.1) is 0 Å². The highest BCUT2D eigenvalue weighted by molar-refractivity contribution is 5.41. The van der Waals surface area contributed by atoms with Crippen LogP contribution in [0.1, 0.15) is 57.6 Å². The molecule has 0 aromatic carbocycles. The van der Waals surface area contributed by atoms with Crippen LogP contribution >= 0.6 is 0 Å². The predicted molar refractivity (Wildman–Crippen MR) is 68.5 cm³/mol. The third-order valence-electron chi connectivity index (χ3n) is 2.72. The van der Waals surface area contributed by atoms with Gasteiger partial charge in [0.05, 0.1) is 0 Å². The van der Waals surface area contributed by atoms with Crippen molar-refractivity contribution in [2.75, 3.05) is 5.73 Å². The summed E-state index contributed by atoms with van der Waals surface area (Å²) in [6, 6.07) is 0. The number of anilines is 1. The Labute approximate surface area is 98.5 Å². The predicted octanol–water partition coefficient (Wildman–Crippen LogP) is 3.01. The first-order valence-electron chi connectivity index (χ1n) is 5.99. The zero-order chi connectivity index (χ0) is 12.3. The van der Waals surface area contributed by atoms with Crippen LogP contribution in [0.4, 0.5) is 5.82 Å². The average Bonchev–Trinajstić information content (AvgIpc) is 2.18. The van der Waals surface area contributed by atoms with Crippen LogP contribution in [0.15, 0.2) is 0 Å². The van der Waals surface area contributed by atoms with E-state index >= 15 is 0 Å². The van der Waals surface area contributed by atoms with Crippen molar-refractivity contribution in [2.24, 2.45) is 0 Å². The molecule has 0 saturated carbocycles. The van der Waals surface area contributed by atoms with E-state index in [1.807, 2.05) is 6.92 Å². The molecule has 1 aromatic rings. The first-order chi connectivity index (χ1) is 7.36. The number of nitrogens with two attached hydrogens (primary N) is 1. The fourth-order valence-corrected chi connectivity index (χ4v) is 1.51. The third kappa shape index (κ3) is 2.94. The fraction of sp³-hybridized carbons (Fsp3) is 0.692. The largest absolute Gasteiger partial charge is 0.383 e. The van der Waals surface area contributed by atoms with Gasteiger partial charge in [0.15, 0.2) is 0 Å². The van der Waals surface area contributed by atoms with Gasteiger partial charge in [-0.2, -0.15) is 0 Å². The number of hydrogen-bond donors (Lipinski definition) is 1. The van der Waals surface area contributed by atoms with Crippen LogP contribution in [0.5, 0.6) is 0 Å². The number of hydrogen-bond acceptors (Lipinski definition) is 3. The molecular weight excluding hydrogens is 198 g/mol. The van der Waals surface area contributed by atoms with Crippen LogP contribution in [0.3, 0.4) is 0 Å². The first kappa shape index (κ1) is 12.9. The number of nitrogen functional groups attached to an aromatic ring is 1. The van der Waals surface area contributed by atoms with E-state index in [0.717, 1.165) is 29.9 Å². The summed E-state index contributed by atoms with van der Waals surface area (Å²) in [6.07, 6.45) is 3.33. The lowest BCUT2D eigenvalue weighted by Gasteiger charge is -2.19. The van der Waals surface area contributed by atoms with Gasteiger partial charge < -0.3 is 5.73 Å². The maximum atomic E-state index is 5.94. The second-order valence-corrected chi connectivity index (χ2v) is 5.36. The number of aryl methyl sites for hydroxylation is 1. The summed E-state index contributed by atoms with van der Waals surface area (Å²) >= 11 is 0. The molecule has 16 heavy (non-hydrogen) atoms. The highest BCUT2D eigenvalue weighted by atomic mass is 15.0. The highest BCUT2D eigenvalue weighted by Crippen LogP contribution is 2.22. The lowest BCUT2D eigenvalue weighted by Crippen LogP contribution is -2.19. The molecule has 1 rings (SSSR count). The summed E-state index contributed by atoms with van der Waals surface area (Å²) in [5.41, 5.74) is 8.05. The minimum atomic E-state index is -0.0389. The molecule has 0 aliphatic carbocycles. The summed E-state index contributed by atoms with van der Waals surface area (Å²) in [5, 5.41) is 0. The Hall–Kier alpha value is -1.12. The Kier molecular flexibility index (Phi) is 3.89. The molecule has 0 atom stereocenters. The lowest BCUT2D eigenvalue weighted by atomic mass is 9.95. The molecule has 0 radical (unpaired) electrons. The van der Waals surface area contributed by atoms with Crippen LogP contribution < -0.4 is 5.73 Å². The average molecular weight is 221 g/mol. The van der Waals surface area contributed by atoms with E-state index in [1.54, 1.807) is 0 Å². The van der Waals surface area contributed by atoms with Gasteiger partial charge in [0.25, 0.3) is 0 Å². The summed E-state index contributed by atoms with van der Waals surface area (Å²) in [6.45, 7) is 10.5. The van der Waals surface area contributed by atoms with E-state index in [0.29, 0.717) is 5.82 Å². The van der Waals surface area contributed by atoms with Gasteiger partial charge in [0, 0.05) is 16.7 Å². The molecule has 0 aliphatic heterocycles. The minimum Gasteiger partial charge on any atom is -0.383 e. The molecule has 3 nitrogen and oxygen atoms in total. The number of rotatable bonds is 3. The minimum absolute atomic E-state index is 0.0389. The second-order valence-electron chi connectivity index (χ2n) is 5.36. The van der Waals surface area contributed by atoms with Crippen molar-refractivity contribution in [1.29, 1.82) is 0 Å². The van der Waals surface area contributed by atoms with Crippen molar-refractivity contribution in [3.8, 4) is 0 Å². The Morgan fingerprint density at radius 1 is 1.19 bits per heavy atom. The second kappa shape index (κ2) is 4.81. The van der Waals surface area contributed by atoms with Crippen LogP contribution in [-0.4, -0.2) is 9.97 Å². The normalized spacial score (nSPS) is 11.8. The molecule has 90 valence electrons. The van der Waals surface area contributed by atoms with Crippen LogP contribution in [-0.2, 0) is 11.8 Å². The van der Waals surface area contributed by atoms with Gasteiger partial charge >= 0.3 is 0 Å². The quantitative estimate of drug-likeness (QED) is 0.853. The van der Waals surface area contributed by atoms with Gasteiger partial charge in [-0.25, -0.2) is 9.97 Å². The molecule has 0 unspecified atom stereocenters. The molecule has 0 amide bonds. The Balaban J connectivity index is 3.12. The summed E-state index contributed by atoms with van der Waals surface area (Å²) in [7, 11) is 0. The highest BCUT2D eigenvalue weighted by Gasteiger charge is 2.19. The van der Waals surface area contributed by atoms with Crippen molar-refractivity contribution in [3.05, 3.63) is 17.1 Å². The monoisotopic (exact) mass is 221 g/mol. The zero-order valence-corrected chi connectivity index (χ0v) is 11.1. The van der Waals surface area contributed by atoms with E-state index in [1.165, 1.54) is 6.42 Å². The van der Waals surface area contributed by atoms with Gasteiger partial charge in [-0.1, -0.05) is 34.1 Å². The van der Waals surface area contributed by atoms with E-state index in [9.17, 15) is 0 Å². The number of unbranched alkanes of at least 4 members (excludes halogenated alkanes) is 1. The molecule has 0 saturated heterocycles. The first-order valence-corrected chi connectivity index (χ1v) is 5.99. The summed E-state index contributed by atoms with van der Waals surface area (Å²) in [4.78, 5) is 9.03. The molecule has 0 bridgehead atoms. The van der Waals surface area contributed by atoms with Gasteiger partial charge in [-0.05, 0) is 19.8 Å². The Morgan fingerprint density at radius 3 is 2.31 bits per heavy atom. The molecule has 0 aliphatic rings. The maximum absolute atomic E-state index is 5.94. The number of nitrogens with zero attached hydrogens (tertiary/aromatic N) is 2. The third-order valence-corrected chi connectivity index (χ3v) is 2.72. The lowest BCUT2D eigenvalue weighted by molar-refractivity contribution is 0.540. The fourth-order valence-electron chi connectivity index (χ4n) is 1.51. The van der Waals surface area contributed by atoms with Crippen LogP contribution in [0, 0.1) is 6.92 Å². The summed E-state index contributed by atoms with van der Waals surface area (Å²) in [5.74, 6) is 1.48. The van der Waals surface area contributed by atoms with E-state index in [4.69, 9.17) is 5.73 Å². The maximum Gasteiger partial charge on any atom is 0.136 e. The Morgan fingerprint density at radius 2 is 1.81 bits per heavy atom. The van der Waals surface area contributed by atoms with Gasteiger partial charge in [0.2, 0.25) is 0 Å². The topological polar surface area (TPSA) is 51.8 Å². The van der Waals surface area contributed by atoms with E-state index in [2.05, 4.69) is 37.7 Å². The molecular formula is C13H23N3. The number of aromatic nitrogens is 2. The van der Waals surface area contributed by atoms with Gasteiger partial charge in [-0.3, -0.25) is 0 Å². The van der Waals surface area contributed by atoms with E-state index < -0.39 is 0 Å². The summed E-state index contributed by atoms with van der Waals surface area (Å²) < 4.78 is 0. The van der Waals surface area contributed by atoms with Crippen molar-refractivity contribution in [1.82, 2.24) is 9.97 Å². The molecule has 2 N–H and O–H groups in total. The SMILES string of the molecule is CCCCc1nc(C(C)(C)C)nc(N)c1C. The standard InChI is InChI=1S/C13H23N3/c1-6-7-8-10-9(2)11(14)16-12(15-10)13(3,4)5/h6-8H2,1-5H3,(H2,14,15,16). The Bertz CT molecular complexity index is 364. The molecule has 0 spiro atoms. The smallest absolute Gasteiger partial charge is 0.136 e. The van der Waals surface area contributed by atoms with Crippen molar-refractivity contribution in [2.45, 2.75) is 59.3 Å². The van der Waals surface area contributed by atoms with E-state index in [-0.39, 0.29) is 5.41 Å². The van der Waals surface area contributed by atoms with Crippen LogP contribution in [0.2, 0.25) is 0 Å². The van der Waals surface area contributed by atoms with Crippen molar-refractivity contribution < 1.29 is 0 Å². The molecule has 3 heteroatoms. The van der Waals surface area contributed by atoms with Crippen molar-refractivity contribution in [3.63, 3.8) is 0 Å². The molecule has 1 aromatic heterocycles.